The molecule has 0 aromatic heterocycles. The Kier molecular flexibility index (Phi) is 5.91. The number of carboxylic acid groups (broad SMARTS) is 1. The number of methoxy groups -OCH3 is 1. The molecule has 0 spiro atoms. The van der Waals surface area contributed by atoms with Gasteiger partial charge in [-0.25, -0.2) is 0 Å². The first-order chi connectivity index (χ1) is 8.13. The lowest BCUT2D eigenvalue weighted by Gasteiger charge is -2.00. The van der Waals surface area contributed by atoms with Gasteiger partial charge in [0.2, 0.25) is 0 Å². The number of ether oxygens (including phenoxy) is 1. The molecule has 0 saturated heterocycles. The van der Waals surface area contributed by atoms with Crippen LogP contribution in [-0.2, 0) is 14.3 Å². The molecule has 4 nitrogen and oxygen atoms in total. The van der Waals surface area contributed by atoms with Crippen LogP contribution in [0.15, 0.2) is 11.6 Å². The van der Waals surface area contributed by atoms with Gasteiger partial charge in [-0.3, -0.25) is 9.59 Å². The first kappa shape index (κ1) is 13.9. The lowest BCUT2D eigenvalue weighted by Crippen LogP contribution is -2.05. The van der Waals surface area contributed by atoms with Crippen molar-refractivity contribution < 1.29 is 19.4 Å². The topological polar surface area (TPSA) is 63.6 Å². The number of hydrogen-bond donors (Lipinski definition) is 1. The summed E-state index contributed by atoms with van der Waals surface area (Å²) in [6.45, 7) is 0. The lowest BCUT2D eigenvalue weighted by atomic mass is 10.0. The number of rotatable bonds is 8. The molecule has 96 valence electrons. The summed E-state index contributed by atoms with van der Waals surface area (Å²) in [5.41, 5.74) is 0.884. The van der Waals surface area contributed by atoms with Gasteiger partial charge in [0.1, 0.15) is 0 Å². The van der Waals surface area contributed by atoms with E-state index in [1.54, 1.807) is 7.11 Å². The molecule has 0 amide bonds. The van der Waals surface area contributed by atoms with Gasteiger partial charge in [-0.15, -0.1) is 0 Å². The molecule has 1 aliphatic rings. The maximum absolute atomic E-state index is 11.5. The SMILES string of the molecule is COC1C=C(CCCCCCC(=O)O)C(=O)C1. The van der Waals surface area contributed by atoms with Crippen LogP contribution in [0, 0.1) is 0 Å². The van der Waals surface area contributed by atoms with Crippen LogP contribution in [0.4, 0.5) is 0 Å². The smallest absolute Gasteiger partial charge is 0.303 e. The third-order valence-electron chi connectivity index (χ3n) is 3.02. The molecule has 1 rings (SSSR count). The molecule has 1 unspecified atom stereocenters. The quantitative estimate of drug-likeness (QED) is 0.661. The second-order valence-corrected chi connectivity index (χ2v) is 4.40. The Morgan fingerprint density at radius 3 is 2.71 bits per heavy atom. The number of ketones is 1. The first-order valence-corrected chi connectivity index (χ1v) is 6.12. The van der Waals surface area contributed by atoms with E-state index in [-0.39, 0.29) is 18.3 Å². The molecule has 17 heavy (non-hydrogen) atoms. The number of Topliss-reactive ketones (excluding diaryl/α,β-unsaturated/α-hetero) is 1. The van der Waals surface area contributed by atoms with Gasteiger partial charge in [0.05, 0.1) is 6.10 Å². The molecule has 0 heterocycles. The molecule has 0 bridgehead atoms. The van der Waals surface area contributed by atoms with Gasteiger partial charge in [-0.05, 0) is 30.9 Å². The van der Waals surface area contributed by atoms with E-state index in [1.165, 1.54) is 0 Å². The van der Waals surface area contributed by atoms with Crippen LogP contribution in [0.2, 0.25) is 0 Å². The minimum absolute atomic E-state index is 0.0375. The molecule has 0 aromatic carbocycles. The van der Waals surface area contributed by atoms with Gasteiger partial charge in [-0.2, -0.15) is 0 Å². The Hall–Kier alpha value is -1.16. The van der Waals surface area contributed by atoms with Crippen LogP contribution in [-0.4, -0.2) is 30.1 Å². The van der Waals surface area contributed by atoms with E-state index in [2.05, 4.69) is 0 Å². The van der Waals surface area contributed by atoms with Crippen molar-refractivity contribution in [1.82, 2.24) is 0 Å². The van der Waals surface area contributed by atoms with Gasteiger partial charge < -0.3 is 9.84 Å². The van der Waals surface area contributed by atoms with E-state index < -0.39 is 5.97 Å². The summed E-state index contributed by atoms with van der Waals surface area (Å²) in [5, 5.41) is 8.47. The largest absolute Gasteiger partial charge is 0.481 e. The first-order valence-electron chi connectivity index (χ1n) is 6.12. The Morgan fingerprint density at radius 1 is 1.41 bits per heavy atom. The summed E-state index contributed by atoms with van der Waals surface area (Å²) >= 11 is 0. The average Bonchev–Trinajstić information content (AvgIpc) is 2.64. The molecular weight excluding hydrogens is 220 g/mol. The van der Waals surface area contributed by atoms with Gasteiger partial charge >= 0.3 is 5.97 Å². The number of carbonyl (C=O) groups is 2. The normalized spacial score (nSPS) is 19.5. The maximum atomic E-state index is 11.5. The van der Waals surface area contributed by atoms with Crippen LogP contribution in [0.3, 0.4) is 0 Å². The fourth-order valence-electron chi connectivity index (χ4n) is 2.01. The zero-order valence-corrected chi connectivity index (χ0v) is 10.3. The third-order valence-corrected chi connectivity index (χ3v) is 3.02. The predicted molar refractivity (Wildman–Crippen MR) is 63.8 cm³/mol. The van der Waals surface area contributed by atoms with E-state index in [0.717, 1.165) is 37.7 Å². The van der Waals surface area contributed by atoms with E-state index >= 15 is 0 Å². The third kappa shape index (κ3) is 5.13. The van der Waals surface area contributed by atoms with E-state index in [9.17, 15) is 9.59 Å². The van der Waals surface area contributed by atoms with E-state index in [4.69, 9.17) is 9.84 Å². The predicted octanol–water partition coefficient (Wildman–Crippen LogP) is 2.33. The molecule has 0 fully saturated rings. The van der Waals surface area contributed by atoms with Crippen molar-refractivity contribution in [2.75, 3.05) is 7.11 Å². The molecule has 1 N–H and O–H groups in total. The Labute approximate surface area is 102 Å². The number of hydrogen-bond acceptors (Lipinski definition) is 3. The lowest BCUT2D eigenvalue weighted by molar-refractivity contribution is -0.137. The van der Waals surface area contributed by atoms with Crippen LogP contribution in [0.1, 0.15) is 44.9 Å². The fourth-order valence-corrected chi connectivity index (χ4v) is 2.01. The zero-order valence-electron chi connectivity index (χ0n) is 10.3. The summed E-state index contributed by atoms with van der Waals surface area (Å²) in [4.78, 5) is 21.8. The number of aliphatic carboxylic acids is 1. The maximum Gasteiger partial charge on any atom is 0.303 e. The summed E-state index contributed by atoms with van der Waals surface area (Å²) in [7, 11) is 1.61. The monoisotopic (exact) mass is 240 g/mol. The van der Waals surface area contributed by atoms with E-state index in [0.29, 0.717) is 6.42 Å². The highest BCUT2D eigenvalue weighted by atomic mass is 16.5. The molecule has 1 aliphatic carbocycles. The second-order valence-electron chi connectivity index (χ2n) is 4.40. The highest BCUT2D eigenvalue weighted by molar-refractivity contribution is 5.98. The molecule has 0 saturated carbocycles. The number of unbranched alkanes of at least 4 members (excludes halogenated alkanes) is 3. The molecule has 1 atom stereocenters. The van der Waals surface area contributed by atoms with Crippen molar-refractivity contribution in [2.24, 2.45) is 0 Å². The highest BCUT2D eigenvalue weighted by Crippen LogP contribution is 2.22. The van der Waals surface area contributed by atoms with Crippen LogP contribution in [0.25, 0.3) is 0 Å². The highest BCUT2D eigenvalue weighted by Gasteiger charge is 2.22. The van der Waals surface area contributed by atoms with Crippen molar-refractivity contribution in [3.05, 3.63) is 11.6 Å². The number of carboxylic acids is 1. The van der Waals surface area contributed by atoms with Gasteiger partial charge in [0.25, 0.3) is 0 Å². The van der Waals surface area contributed by atoms with Crippen LogP contribution in [0.5, 0.6) is 0 Å². The zero-order chi connectivity index (χ0) is 12.7. The minimum atomic E-state index is -0.735. The number of allylic oxidation sites excluding steroid dienone is 1. The van der Waals surface area contributed by atoms with Crippen molar-refractivity contribution in [3.63, 3.8) is 0 Å². The molecule has 0 radical (unpaired) electrons. The summed E-state index contributed by atoms with van der Waals surface area (Å²) in [6, 6.07) is 0. The Balaban J connectivity index is 2.10. The Bertz CT molecular complexity index is 307. The van der Waals surface area contributed by atoms with Crippen molar-refractivity contribution in [3.8, 4) is 0 Å². The van der Waals surface area contributed by atoms with Crippen LogP contribution < -0.4 is 0 Å². The van der Waals surface area contributed by atoms with Crippen molar-refractivity contribution in [1.29, 1.82) is 0 Å². The van der Waals surface area contributed by atoms with E-state index in [1.807, 2.05) is 6.08 Å². The van der Waals surface area contributed by atoms with Crippen molar-refractivity contribution >= 4 is 11.8 Å². The summed E-state index contributed by atoms with van der Waals surface area (Å²) in [5.74, 6) is -0.538. The summed E-state index contributed by atoms with van der Waals surface area (Å²) in [6.07, 6.45) is 6.97. The average molecular weight is 240 g/mol. The molecular formula is C13H20O4. The minimum Gasteiger partial charge on any atom is -0.481 e. The standard InChI is InChI=1S/C13H20O4/c1-17-11-8-10(12(14)9-11)6-4-2-3-5-7-13(15)16/h8,11H,2-7,9H2,1H3,(H,15,16). The van der Waals surface area contributed by atoms with Gasteiger partial charge in [0, 0.05) is 20.0 Å². The molecule has 0 aliphatic heterocycles. The fraction of sp³-hybridized carbons (Fsp3) is 0.692. The second kappa shape index (κ2) is 7.22. The van der Waals surface area contributed by atoms with Crippen LogP contribution >= 0.6 is 0 Å². The summed E-state index contributed by atoms with van der Waals surface area (Å²) < 4.78 is 5.12. The van der Waals surface area contributed by atoms with Gasteiger partial charge in [-0.1, -0.05) is 12.8 Å². The van der Waals surface area contributed by atoms with Gasteiger partial charge in [0.15, 0.2) is 5.78 Å². The Morgan fingerprint density at radius 2 is 2.12 bits per heavy atom. The van der Waals surface area contributed by atoms with Crippen molar-refractivity contribution in [2.45, 2.75) is 51.0 Å². The molecule has 4 heteroatoms. The molecule has 0 aromatic rings. The number of carbonyl (C=O) groups excluding carboxylic acids is 1.